The van der Waals surface area contributed by atoms with Crippen LogP contribution in [-0.2, 0) is 6.42 Å². The Morgan fingerprint density at radius 2 is 1.88 bits per heavy atom. The monoisotopic (exact) mass is 229 g/mol. The third-order valence-corrected chi connectivity index (χ3v) is 3.28. The molecule has 2 heteroatoms. The third-order valence-electron chi connectivity index (χ3n) is 2.32. The average Bonchev–Trinajstić information content (AvgIpc) is 2.33. The minimum absolute atomic E-state index is 1.05. The summed E-state index contributed by atoms with van der Waals surface area (Å²) >= 11 is 1.70. The molecule has 0 amide bonds. The predicted octanol–water partition coefficient (Wildman–Crippen LogP) is 4.19. The first kappa shape index (κ1) is 11.2. The van der Waals surface area contributed by atoms with Gasteiger partial charge in [0.25, 0.3) is 0 Å². The number of pyridine rings is 1. The minimum atomic E-state index is 1.05. The van der Waals surface area contributed by atoms with Crippen LogP contribution in [0.2, 0.25) is 0 Å². The third kappa shape index (κ3) is 3.11. The number of nitrogens with zero attached hydrogens (tertiary/aromatic N) is 1. The van der Waals surface area contributed by atoms with Gasteiger partial charge in [0.15, 0.2) is 0 Å². The van der Waals surface area contributed by atoms with E-state index in [4.69, 9.17) is 0 Å². The number of benzene rings is 1. The molecule has 0 atom stereocenters. The van der Waals surface area contributed by atoms with Crippen molar-refractivity contribution in [1.29, 1.82) is 0 Å². The Balaban J connectivity index is 2.05. The molecule has 0 aliphatic heterocycles. The molecule has 16 heavy (non-hydrogen) atoms. The van der Waals surface area contributed by atoms with Crippen molar-refractivity contribution in [1.82, 2.24) is 4.98 Å². The molecule has 2 aromatic rings. The number of hydrogen-bond donors (Lipinski definition) is 0. The van der Waals surface area contributed by atoms with Gasteiger partial charge in [-0.25, -0.2) is 4.98 Å². The van der Waals surface area contributed by atoms with Crippen molar-refractivity contribution < 1.29 is 0 Å². The molecular weight excluding hydrogens is 214 g/mol. The fourth-order valence-corrected chi connectivity index (χ4v) is 2.31. The van der Waals surface area contributed by atoms with Crippen molar-refractivity contribution in [2.24, 2.45) is 0 Å². The zero-order chi connectivity index (χ0) is 11.2. The molecular formula is C14H15NS. The molecule has 1 aromatic heterocycles. The Morgan fingerprint density at radius 3 is 2.50 bits per heavy atom. The number of aryl methyl sites for hydroxylation is 1. The van der Waals surface area contributed by atoms with Crippen LogP contribution in [-0.4, -0.2) is 4.98 Å². The second kappa shape index (κ2) is 5.71. The fourth-order valence-electron chi connectivity index (χ4n) is 1.54. The van der Waals surface area contributed by atoms with Crippen LogP contribution in [0.25, 0.3) is 0 Å². The number of aromatic nitrogens is 1. The number of hydrogen-bond acceptors (Lipinski definition) is 2. The lowest BCUT2D eigenvalue weighted by molar-refractivity contribution is 0.920. The van der Waals surface area contributed by atoms with E-state index in [-0.39, 0.29) is 0 Å². The van der Waals surface area contributed by atoms with Crippen LogP contribution in [0.1, 0.15) is 18.9 Å². The molecule has 0 saturated carbocycles. The van der Waals surface area contributed by atoms with Crippen molar-refractivity contribution in [3.63, 3.8) is 0 Å². The van der Waals surface area contributed by atoms with E-state index >= 15 is 0 Å². The lowest BCUT2D eigenvalue weighted by atomic mass is 10.1. The van der Waals surface area contributed by atoms with Gasteiger partial charge in [0.2, 0.25) is 0 Å². The van der Waals surface area contributed by atoms with Crippen molar-refractivity contribution in [3.8, 4) is 0 Å². The second-order valence-electron chi connectivity index (χ2n) is 3.66. The van der Waals surface area contributed by atoms with E-state index in [1.807, 2.05) is 24.4 Å². The van der Waals surface area contributed by atoms with E-state index in [2.05, 4.69) is 36.2 Å². The minimum Gasteiger partial charge on any atom is -0.250 e. The van der Waals surface area contributed by atoms with Gasteiger partial charge >= 0.3 is 0 Å². The predicted molar refractivity (Wildman–Crippen MR) is 68.8 cm³/mol. The Morgan fingerprint density at radius 1 is 1.06 bits per heavy atom. The highest BCUT2D eigenvalue weighted by Crippen LogP contribution is 2.25. The van der Waals surface area contributed by atoms with E-state index < -0.39 is 0 Å². The molecule has 0 aliphatic rings. The Hall–Kier alpha value is -1.28. The van der Waals surface area contributed by atoms with Gasteiger partial charge in [0, 0.05) is 11.1 Å². The molecule has 1 aromatic carbocycles. The SMILES string of the molecule is CCCc1ccc(Sc2ccccn2)cc1. The van der Waals surface area contributed by atoms with Crippen molar-refractivity contribution in [2.45, 2.75) is 29.7 Å². The first-order valence-electron chi connectivity index (χ1n) is 5.56. The van der Waals surface area contributed by atoms with Crippen molar-refractivity contribution >= 4 is 11.8 Å². The summed E-state index contributed by atoms with van der Waals surface area (Å²) in [5, 5.41) is 1.05. The summed E-state index contributed by atoms with van der Waals surface area (Å²) in [4.78, 5) is 5.54. The lowest BCUT2D eigenvalue weighted by Gasteiger charge is -2.02. The van der Waals surface area contributed by atoms with E-state index in [9.17, 15) is 0 Å². The highest BCUT2D eigenvalue weighted by atomic mass is 32.2. The quantitative estimate of drug-likeness (QED) is 0.780. The Bertz CT molecular complexity index is 422. The van der Waals surface area contributed by atoms with E-state index in [1.54, 1.807) is 11.8 Å². The maximum atomic E-state index is 4.30. The molecule has 0 unspecified atom stereocenters. The first-order chi connectivity index (χ1) is 7.88. The highest BCUT2D eigenvalue weighted by Gasteiger charge is 1.97. The molecule has 1 nitrogen and oxygen atoms in total. The summed E-state index contributed by atoms with van der Waals surface area (Å²) in [6, 6.07) is 14.7. The van der Waals surface area contributed by atoms with Gasteiger partial charge in [0.1, 0.15) is 5.03 Å². The van der Waals surface area contributed by atoms with Gasteiger partial charge in [-0.1, -0.05) is 43.3 Å². The topological polar surface area (TPSA) is 12.9 Å². The van der Waals surface area contributed by atoms with E-state index in [0.29, 0.717) is 0 Å². The van der Waals surface area contributed by atoms with Crippen LogP contribution < -0.4 is 0 Å². The largest absolute Gasteiger partial charge is 0.250 e. The first-order valence-corrected chi connectivity index (χ1v) is 6.38. The van der Waals surface area contributed by atoms with Gasteiger partial charge in [0.05, 0.1) is 0 Å². The van der Waals surface area contributed by atoms with Gasteiger partial charge in [-0.3, -0.25) is 0 Å². The molecule has 0 bridgehead atoms. The zero-order valence-corrected chi connectivity index (χ0v) is 10.2. The summed E-state index contributed by atoms with van der Waals surface area (Å²) in [5.41, 5.74) is 1.41. The van der Waals surface area contributed by atoms with E-state index in [0.717, 1.165) is 11.4 Å². The van der Waals surface area contributed by atoms with Gasteiger partial charge in [-0.05, 0) is 36.2 Å². The average molecular weight is 229 g/mol. The molecule has 1 heterocycles. The molecule has 82 valence electrons. The highest BCUT2D eigenvalue weighted by molar-refractivity contribution is 7.99. The molecule has 0 aliphatic carbocycles. The summed E-state index contributed by atoms with van der Waals surface area (Å²) in [5.74, 6) is 0. The van der Waals surface area contributed by atoms with Crippen molar-refractivity contribution in [3.05, 3.63) is 54.2 Å². The Kier molecular flexibility index (Phi) is 4.00. The summed E-state index contributed by atoms with van der Waals surface area (Å²) < 4.78 is 0. The van der Waals surface area contributed by atoms with Crippen LogP contribution in [0.4, 0.5) is 0 Å². The molecule has 0 spiro atoms. The standard InChI is InChI=1S/C14H15NS/c1-2-5-12-7-9-13(10-8-12)16-14-6-3-4-11-15-14/h3-4,6-11H,2,5H2,1H3. The molecule has 2 rings (SSSR count). The number of rotatable bonds is 4. The zero-order valence-electron chi connectivity index (χ0n) is 9.39. The van der Waals surface area contributed by atoms with Gasteiger partial charge in [-0.15, -0.1) is 0 Å². The van der Waals surface area contributed by atoms with Gasteiger partial charge in [-0.2, -0.15) is 0 Å². The van der Waals surface area contributed by atoms with Crippen molar-refractivity contribution in [2.75, 3.05) is 0 Å². The Labute approximate surface area is 101 Å². The lowest BCUT2D eigenvalue weighted by Crippen LogP contribution is -1.82. The van der Waals surface area contributed by atoms with Crippen LogP contribution >= 0.6 is 11.8 Å². The summed E-state index contributed by atoms with van der Waals surface area (Å²) in [6.07, 6.45) is 4.19. The maximum absolute atomic E-state index is 4.30. The van der Waals surface area contributed by atoms with Gasteiger partial charge < -0.3 is 0 Å². The molecule has 0 saturated heterocycles. The van der Waals surface area contributed by atoms with E-state index in [1.165, 1.54) is 16.9 Å². The second-order valence-corrected chi connectivity index (χ2v) is 4.76. The van der Waals surface area contributed by atoms with Crippen LogP contribution in [0, 0.1) is 0 Å². The van der Waals surface area contributed by atoms with Crippen LogP contribution in [0.5, 0.6) is 0 Å². The maximum Gasteiger partial charge on any atom is 0.101 e. The fraction of sp³-hybridized carbons (Fsp3) is 0.214. The summed E-state index contributed by atoms with van der Waals surface area (Å²) in [7, 11) is 0. The van der Waals surface area contributed by atoms with Crippen LogP contribution in [0.15, 0.2) is 58.6 Å². The summed E-state index contributed by atoms with van der Waals surface area (Å²) in [6.45, 7) is 2.20. The smallest absolute Gasteiger partial charge is 0.101 e. The molecule has 0 fully saturated rings. The normalized spacial score (nSPS) is 10.3. The molecule has 0 radical (unpaired) electrons. The van der Waals surface area contributed by atoms with Crippen LogP contribution in [0.3, 0.4) is 0 Å². The molecule has 0 N–H and O–H groups in total.